The number of hydrogen-bond acceptors (Lipinski definition) is 5. The molecule has 25 heavy (non-hydrogen) atoms. The Morgan fingerprint density at radius 3 is 2.96 bits per heavy atom. The number of ether oxygens (including phenoxy) is 2. The van der Waals surface area contributed by atoms with Gasteiger partial charge in [0.05, 0.1) is 18.8 Å². The van der Waals surface area contributed by atoms with Gasteiger partial charge in [0.1, 0.15) is 6.10 Å². The molecule has 3 unspecified atom stereocenters. The van der Waals surface area contributed by atoms with Crippen LogP contribution >= 0.6 is 0 Å². The number of nitrogens with zero attached hydrogens (tertiary/aromatic N) is 3. The van der Waals surface area contributed by atoms with Crippen molar-refractivity contribution in [2.45, 2.75) is 57.3 Å². The van der Waals surface area contributed by atoms with E-state index >= 15 is 0 Å². The van der Waals surface area contributed by atoms with Gasteiger partial charge in [-0.05, 0) is 38.3 Å². The highest BCUT2D eigenvalue weighted by Crippen LogP contribution is 2.27. The molecule has 0 aromatic carbocycles. The number of carbonyl (C=O) groups is 1. The Labute approximate surface area is 150 Å². The number of pyridine rings is 1. The number of hydrogen-bond donors (Lipinski definition) is 0. The molecule has 6 nitrogen and oxygen atoms in total. The minimum absolute atomic E-state index is 0.0367. The van der Waals surface area contributed by atoms with Gasteiger partial charge in [-0.1, -0.05) is 0 Å². The van der Waals surface area contributed by atoms with E-state index in [-0.39, 0.29) is 18.1 Å². The van der Waals surface area contributed by atoms with E-state index in [9.17, 15) is 4.79 Å². The Morgan fingerprint density at radius 1 is 1.40 bits per heavy atom. The molecular weight excluding hydrogens is 318 g/mol. The van der Waals surface area contributed by atoms with E-state index in [1.54, 1.807) is 6.20 Å². The highest BCUT2D eigenvalue weighted by atomic mass is 16.5. The second-order valence-electron chi connectivity index (χ2n) is 7.27. The predicted octanol–water partition coefficient (Wildman–Crippen LogP) is 2.48. The maximum Gasteiger partial charge on any atom is 0.222 e. The molecule has 3 rings (SSSR count). The van der Waals surface area contributed by atoms with E-state index in [4.69, 9.17) is 9.47 Å². The lowest BCUT2D eigenvalue weighted by Gasteiger charge is -2.20. The standard InChI is InChI=1S/C19H29N3O3/c1-14-6-7-15(24-14)8-9-18(23)22-12-10-16(13-22)25-17-5-4-11-20-19(17)21(2)3/h4-5,11,14-16H,6-10,12-13H2,1-3H3. The summed E-state index contributed by atoms with van der Waals surface area (Å²) in [5, 5.41) is 0. The summed E-state index contributed by atoms with van der Waals surface area (Å²) in [6.07, 6.45) is 6.85. The molecule has 0 bridgehead atoms. The van der Waals surface area contributed by atoms with Crippen molar-refractivity contribution in [3.8, 4) is 5.75 Å². The van der Waals surface area contributed by atoms with Crippen LogP contribution in [0.5, 0.6) is 5.75 Å². The lowest BCUT2D eigenvalue weighted by atomic mass is 10.1. The maximum atomic E-state index is 12.5. The Bertz CT molecular complexity index is 593. The molecule has 1 aromatic heterocycles. The van der Waals surface area contributed by atoms with Crippen molar-refractivity contribution < 1.29 is 14.3 Å². The predicted molar refractivity (Wildman–Crippen MR) is 97.0 cm³/mol. The number of likely N-dealkylation sites (tertiary alicyclic amines) is 1. The number of carbonyl (C=O) groups excluding carboxylic acids is 1. The fourth-order valence-electron chi connectivity index (χ4n) is 3.58. The first-order valence-corrected chi connectivity index (χ1v) is 9.25. The van der Waals surface area contributed by atoms with E-state index < -0.39 is 0 Å². The van der Waals surface area contributed by atoms with Gasteiger partial charge in [0.2, 0.25) is 5.91 Å². The lowest BCUT2D eigenvalue weighted by molar-refractivity contribution is -0.131. The highest BCUT2D eigenvalue weighted by molar-refractivity contribution is 5.76. The van der Waals surface area contributed by atoms with Crippen LogP contribution in [0.1, 0.15) is 39.0 Å². The summed E-state index contributed by atoms with van der Waals surface area (Å²) in [4.78, 5) is 20.7. The van der Waals surface area contributed by atoms with Crippen LogP contribution in [0.2, 0.25) is 0 Å². The quantitative estimate of drug-likeness (QED) is 0.791. The lowest BCUT2D eigenvalue weighted by Crippen LogP contribution is -2.31. The highest BCUT2D eigenvalue weighted by Gasteiger charge is 2.29. The van der Waals surface area contributed by atoms with Crippen molar-refractivity contribution in [1.82, 2.24) is 9.88 Å². The fourth-order valence-corrected chi connectivity index (χ4v) is 3.58. The average Bonchev–Trinajstić information content (AvgIpc) is 3.22. The first kappa shape index (κ1) is 18.0. The van der Waals surface area contributed by atoms with Gasteiger partial charge in [-0.3, -0.25) is 4.79 Å². The Balaban J connectivity index is 1.47. The zero-order valence-corrected chi connectivity index (χ0v) is 15.5. The molecule has 2 aliphatic heterocycles. The van der Waals surface area contributed by atoms with E-state index in [0.717, 1.165) is 43.8 Å². The van der Waals surface area contributed by atoms with Crippen LogP contribution in [-0.2, 0) is 9.53 Å². The van der Waals surface area contributed by atoms with Crippen molar-refractivity contribution in [2.24, 2.45) is 0 Å². The zero-order valence-electron chi connectivity index (χ0n) is 15.5. The van der Waals surface area contributed by atoms with Crippen molar-refractivity contribution in [3.05, 3.63) is 18.3 Å². The molecule has 2 aliphatic rings. The van der Waals surface area contributed by atoms with Crippen LogP contribution in [-0.4, -0.2) is 61.3 Å². The van der Waals surface area contributed by atoms with E-state index in [1.807, 2.05) is 36.0 Å². The summed E-state index contributed by atoms with van der Waals surface area (Å²) in [7, 11) is 3.90. The van der Waals surface area contributed by atoms with E-state index in [2.05, 4.69) is 11.9 Å². The van der Waals surface area contributed by atoms with Crippen LogP contribution in [0.4, 0.5) is 5.82 Å². The average molecular weight is 347 g/mol. The van der Waals surface area contributed by atoms with Crippen molar-refractivity contribution in [2.75, 3.05) is 32.1 Å². The van der Waals surface area contributed by atoms with Crippen molar-refractivity contribution in [3.63, 3.8) is 0 Å². The normalized spacial score (nSPS) is 26.0. The van der Waals surface area contributed by atoms with Gasteiger partial charge in [0.15, 0.2) is 11.6 Å². The Kier molecular flexibility index (Phi) is 5.78. The van der Waals surface area contributed by atoms with Gasteiger partial charge in [0.25, 0.3) is 0 Å². The summed E-state index contributed by atoms with van der Waals surface area (Å²) >= 11 is 0. The van der Waals surface area contributed by atoms with Gasteiger partial charge in [0, 0.05) is 39.7 Å². The van der Waals surface area contributed by atoms with Crippen LogP contribution in [0.3, 0.4) is 0 Å². The molecule has 1 aromatic rings. The van der Waals surface area contributed by atoms with Crippen LogP contribution < -0.4 is 9.64 Å². The van der Waals surface area contributed by atoms with Crippen LogP contribution in [0, 0.1) is 0 Å². The summed E-state index contributed by atoms with van der Waals surface area (Å²) in [5.74, 6) is 1.81. The third-order valence-electron chi connectivity index (χ3n) is 4.97. The maximum absolute atomic E-state index is 12.5. The summed E-state index contributed by atoms with van der Waals surface area (Å²) in [6, 6.07) is 3.81. The minimum atomic E-state index is 0.0367. The summed E-state index contributed by atoms with van der Waals surface area (Å²) in [5.41, 5.74) is 0. The monoisotopic (exact) mass is 347 g/mol. The topological polar surface area (TPSA) is 54.9 Å². The number of amides is 1. The molecule has 0 saturated carbocycles. The molecular formula is C19H29N3O3. The minimum Gasteiger partial charge on any atom is -0.485 e. The van der Waals surface area contributed by atoms with Gasteiger partial charge in [-0.25, -0.2) is 4.98 Å². The second-order valence-corrected chi connectivity index (χ2v) is 7.27. The van der Waals surface area contributed by atoms with Crippen LogP contribution in [0.25, 0.3) is 0 Å². The summed E-state index contributed by atoms with van der Waals surface area (Å²) in [6.45, 7) is 3.52. The molecule has 0 N–H and O–H groups in total. The van der Waals surface area contributed by atoms with Gasteiger partial charge >= 0.3 is 0 Å². The Hall–Kier alpha value is -1.82. The van der Waals surface area contributed by atoms with E-state index in [0.29, 0.717) is 19.1 Å². The van der Waals surface area contributed by atoms with E-state index in [1.165, 1.54) is 0 Å². The molecule has 6 heteroatoms. The van der Waals surface area contributed by atoms with Crippen molar-refractivity contribution in [1.29, 1.82) is 0 Å². The first-order valence-electron chi connectivity index (χ1n) is 9.25. The molecule has 2 fully saturated rings. The first-order chi connectivity index (χ1) is 12.0. The molecule has 3 atom stereocenters. The third-order valence-corrected chi connectivity index (χ3v) is 4.97. The fraction of sp³-hybridized carbons (Fsp3) is 0.684. The molecule has 0 radical (unpaired) electrons. The number of aromatic nitrogens is 1. The largest absolute Gasteiger partial charge is 0.485 e. The van der Waals surface area contributed by atoms with Gasteiger partial charge in [-0.2, -0.15) is 0 Å². The molecule has 0 spiro atoms. The zero-order chi connectivity index (χ0) is 17.8. The molecule has 1 amide bonds. The number of rotatable bonds is 6. The van der Waals surface area contributed by atoms with Gasteiger partial charge in [-0.15, -0.1) is 0 Å². The molecule has 0 aliphatic carbocycles. The number of anilines is 1. The second kappa shape index (κ2) is 8.04. The van der Waals surface area contributed by atoms with Crippen molar-refractivity contribution >= 4 is 11.7 Å². The smallest absolute Gasteiger partial charge is 0.222 e. The Morgan fingerprint density at radius 2 is 2.24 bits per heavy atom. The molecule has 3 heterocycles. The SMILES string of the molecule is CC1CCC(CCC(=O)N2CCC(Oc3cccnc3N(C)C)C2)O1. The summed E-state index contributed by atoms with van der Waals surface area (Å²) < 4.78 is 11.9. The molecule has 2 saturated heterocycles. The molecule has 138 valence electrons. The third kappa shape index (κ3) is 4.63. The van der Waals surface area contributed by atoms with Crippen LogP contribution in [0.15, 0.2) is 18.3 Å². The van der Waals surface area contributed by atoms with Gasteiger partial charge < -0.3 is 19.3 Å².